The fourth-order valence-electron chi connectivity index (χ4n) is 1.76. The zero-order chi connectivity index (χ0) is 11.1. The van der Waals surface area contributed by atoms with Crippen molar-refractivity contribution in [2.45, 2.75) is 19.8 Å². The zero-order valence-corrected chi connectivity index (χ0v) is 9.97. The van der Waals surface area contributed by atoms with E-state index in [9.17, 15) is 0 Å². The van der Waals surface area contributed by atoms with Gasteiger partial charge in [-0.2, -0.15) is 4.98 Å². The summed E-state index contributed by atoms with van der Waals surface area (Å²) in [5, 5.41) is 4.47. The van der Waals surface area contributed by atoms with Crippen LogP contribution in [0.1, 0.15) is 17.7 Å². The van der Waals surface area contributed by atoms with Crippen LogP contribution in [0, 0.1) is 12.8 Å². The summed E-state index contributed by atoms with van der Waals surface area (Å²) in [6.45, 7) is 3.08. The molecular formula is C11H14N4S. The first kappa shape index (κ1) is 9.84. The molecule has 16 heavy (non-hydrogen) atoms. The van der Waals surface area contributed by atoms with Gasteiger partial charge in [0.2, 0.25) is 5.95 Å². The molecule has 0 bridgehead atoms. The molecule has 0 spiro atoms. The van der Waals surface area contributed by atoms with Crippen molar-refractivity contribution in [2.24, 2.45) is 5.92 Å². The molecule has 5 heteroatoms. The molecule has 0 amide bonds. The van der Waals surface area contributed by atoms with E-state index in [1.165, 1.54) is 17.7 Å². The highest BCUT2D eigenvalue weighted by atomic mass is 32.1. The Labute approximate surface area is 97.9 Å². The molecule has 84 valence electrons. The lowest BCUT2D eigenvalue weighted by Crippen LogP contribution is -2.07. The number of hydrogen-bond acceptors (Lipinski definition) is 5. The minimum absolute atomic E-state index is 0.354. The molecule has 0 unspecified atom stereocenters. The maximum absolute atomic E-state index is 5.70. The van der Waals surface area contributed by atoms with Crippen LogP contribution in [-0.2, 0) is 0 Å². The highest BCUT2D eigenvalue weighted by Gasteiger charge is 2.21. The maximum atomic E-state index is 5.70. The Morgan fingerprint density at radius 2 is 2.31 bits per heavy atom. The number of rotatable bonds is 3. The molecule has 3 N–H and O–H groups in total. The van der Waals surface area contributed by atoms with Crippen LogP contribution >= 0.6 is 11.3 Å². The van der Waals surface area contributed by atoms with E-state index in [0.717, 1.165) is 28.5 Å². The van der Waals surface area contributed by atoms with Crippen molar-refractivity contribution in [3.63, 3.8) is 0 Å². The number of nitrogens with zero attached hydrogens (tertiary/aromatic N) is 2. The number of nitrogen functional groups attached to an aromatic ring is 1. The summed E-state index contributed by atoms with van der Waals surface area (Å²) >= 11 is 1.66. The summed E-state index contributed by atoms with van der Waals surface area (Å²) in [5.74, 6) is 2.07. The molecule has 1 aliphatic rings. The van der Waals surface area contributed by atoms with E-state index in [2.05, 4.69) is 28.3 Å². The first-order valence-electron chi connectivity index (χ1n) is 5.50. The second kappa shape index (κ2) is 3.59. The Hall–Kier alpha value is -1.36. The molecule has 4 nitrogen and oxygen atoms in total. The summed E-state index contributed by atoms with van der Waals surface area (Å²) in [6, 6.07) is 2.12. The van der Waals surface area contributed by atoms with E-state index in [1.807, 2.05) is 0 Å². The van der Waals surface area contributed by atoms with Gasteiger partial charge < -0.3 is 11.1 Å². The Bertz CT molecular complexity index is 530. The third-order valence-electron chi connectivity index (χ3n) is 2.79. The Balaban J connectivity index is 1.98. The molecule has 2 aromatic heterocycles. The van der Waals surface area contributed by atoms with Crippen molar-refractivity contribution >= 4 is 33.3 Å². The smallest absolute Gasteiger partial charge is 0.223 e. The number of aromatic nitrogens is 2. The lowest BCUT2D eigenvalue weighted by Gasteiger charge is -2.05. The maximum Gasteiger partial charge on any atom is 0.223 e. The average molecular weight is 234 g/mol. The number of thiophene rings is 1. The van der Waals surface area contributed by atoms with Gasteiger partial charge in [-0.05, 0) is 31.7 Å². The predicted molar refractivity (Wildman–Crippen MR) is 67.8 cm³/mol. The van der Waals surface area contributed by atoms with Crippen molar-refractivity contribution in [1.29, 1.82) is 0 Å². The highest BCUT2D eigenvalue weighted by molar-refractivity contribution is 7.18. The summed E-state index contributed by atoms with van der Waals surface area (Å²) in [7, 11) is 0. The number of nitrogens with one attached hydrogen (secondary N) is 1. The van der Waals surface area contributed by atoms with E-state index >= 15 is 0 Å². The predicted octanol–water partition coefficient (Wildman–Crippen LogP) is 2.40. The molecule has 1 aliphatic carbocycles. The molecule has 1 saturated carbocycles. The molecule has 1 fully saturated rings. The van der Waals surface area contributed by atoms with Crippen LogP contribution in [0.15, 0.2) is 6.07 Å². The van der Waals surface area contributed by atoms with Crippen LogP contribution in [0.4, 0.5) is 11.8 Å². The largest absolute Gasteiger partial charge is 0.369 e. The average Bonchev–Trinajstić information content (AvgIpc) is 2.97. The Morgan fingerprint density at radius 3 is 3.06 bits per heavy atom. The molecule has 0 radical (unpaired) electrons. The minimum Gasteiger partial charge on any atom is -0.369 e. The molecule has 0 atom stereocenters. The van der Waals surface area contributed by atoms with E-state index in [1.54, 1.807) is 11.3 Å². The molecule has 3 rings (SSSR count). The lowest BCUT2D eigenvalue weighted by molar-refractivity contribution is 0.884. The molecule has 0 aliphatic heterocycles. The minimum atomic E-state index is 0.354. The monoisotopic (exact) mass is 234 g/mol. The number of anilines is 2. The van der Waals surface area contributed by atoms with Crippen molar-refractivity contribution in [3.05, 3.63) is 10.9 Å². The van der Waals surface area contributed by atoms with Gasteiger partial charge in [0.05, 0.1) is 5.39 Å². The first-order valence-corrected chi connectivity index (χ1v) is 6.31. The van der Waals surface area contributed by atoms with Gasteiger partial charge in [-0.3, -0.25) is 0 Å². The van der Waals surface area contributed by atoms with Crippen molar-refractivity contribution in [1.82, 2.24) is 9.97 Å². The highest BCUT2D eigenvalue weighted by Crippen LogP contribution is 2.32. The Morgan fingerprint density at radius 1 is 1.50 bits per heavy atom. The van der Waals surface area contributed by atoms with E-state index in [0.29, 0.717) is 5.95 Å². The van der Waals surface area contributed by atoms with Crippen LogP contribution in [0.3, 0.4) is 0 Å². The molecule has 0 aromatic carbocycles. The zero-order valence-electron chi connectivity index (χ0n) is 9.16. The summed E-state index contributed by atoms with van der Waals surface area (Å²) < 4.78 is 0. The number of nitrogens with two attached hydrogens (primary N) is 1. The topological polar surface area (TPSA) is 63.8 Å². The summed E-state index contributed by atoms with van der Waals surface area (Å²) in [4.78, 5) is 10.7. The number of hydrogen-bond donors (Lipinski definition) is 2. The molecule has 0 saturated heterocycles. The van der Waals surface area contributed by atoms with Gasteiger partial charge in [0.1, 0.15) is 10.6 Å². The SMILES string of the molecule is Cc1cc2c(NCC3CC3)nc(N)nc2s1. The van der Waals surface area contributed by atoms with Gasteiger partial charge in [-0.1, -0.05) is 0 Å². The summed E-state index contributed by atoms with van der Waals surface area (Å²) in [5.41, 5.74) is 5.70. The van der Waals surface area contributed by atoms with Crippen molar-refractivity contribution in [2.75, 3.05) is 17.6 Å². The third kappa shape index (κ3) is 1.82. The van der Waals surface area contributed by atoms with E-state index in [4.69, 9.17) is 5.73 Å². The fraction of sp³-hybridized carbons (Fsp3) is 0.455. The quantitative estimate of drug-likeness (QED) is 0.856. The van der Waals surface area contributed by atoms with Crippen LogP contribution < -0.4 is 11.1 Å². The first-order chi connectivity index (χ1) is 7.72. The van der Waals surface area contributed by atoms with Gasteiger partial charge in [-0.25, -0.2) is 4.98 Å². The van der Waals surface area contributed by atoms with E-state index in [-0.39, 0.29) is 0 Å². The second-order valence-electron chi connectivity index (χ2n) is 4.33. The molecule has 2 heterocycles. The number of aryl methyl sites for hydroxylation is 1. The van der Waals surface area contributed by atoms with Crippen LogP contribution in [0.5, 0.6) is 0 Å². The van der Waals surface area contributed by atoms with Crippen molar-refractivity contribution in [3.8, 4) is 0 Å². The molecular weight excluding hydrogens is 220 g/mol. The van der Waals surface area contributed by atoms with Gasteiger partial charge >= 0.3 is 0 Å². The second-order valence-corrected chi connectivity index (χ2v) is 5.57. The third-order valence-corrected chi connectivity index (χ3v) is 3.73. The van der Waals surface area contributed by atoms with Gasteiger partial charge in [0, 0.05) is 11.4 Å². The molecule has 2 aromatic rings. The van der Waals surface area contributed by atoms with Gasteiger partial charge in [0.15, 0.2) is 0 Å². The van der Waals surface area contributed by atoms with E-state index < -0.39 is 0 Å². The van der Waals surface area contributed by atoms with Crippen LogP contribution in [-0.4, -0.2) is 16.5 Å². The fourth-order valence-corrected chi connectivity index (χ4v) is 2.64. The van der Waals surface area contributed by atoms with Gasteiger partial charge in [-0.15, -0.1) is 11.3 Å². The van der Waals surface area contributed by atoms with Gasteiger partial charge in [0.25, 0.3) is 0 Å². The van der Waals surface area contributed by atoms with Crippen LogP contribution in [0.2, 0.25) is 0 Å². The lowest BCUT2D eigenvalue weighted by atomic mass is 10.3. The normalized spacial score (nSPS) is 15.6. The van der Waals surface area contributed by atoms with Crippen molar-refractivity contribution < 1.29 is 0 Å². The van der Waals surface area contributed by atoms with Crippen LogP contribution in [0.25, 0.3) is 10.2 Å². The summed E-state index contributed by atoms with van der Waals surface area (Å²) in [6.07, 6.45) is 2.67. The Kier molecular flexibility index (Phi) is 2.21. The standard InChI is InChI=1S/C11H14N4S/c1-6-4-8-9(13-5-7-2-3-7)14-11(12)15-10(8)16-6/h4,7H,2-3,5H2,1H3,(H3,12,13,14,15). The number of fused-ring (bicyclic) bond motifs is 1.